The van der Waals surface area contributed by atoms with Crippen molar-refractivity contribution < 1.29 is 9.34 Å². The molecule has 0 aromatic carbocycles. The molecule has 0 fully saturated rings. The molecule has 0 aliphatic heterocycles. The van der Waals surface area contributed by atoms with Gasteiger partial charge in [-0.1, -0.05) is 22.9 Å². The summed E-state index contributed by atoms with van der Waals surface area (Å²) in [6.07, 6.45) is 0.989. The van der Waals surface area contributed by atoms with Crippen LogP contribution in [0.4, 0.5) is 5.88 Å². The third-order valence-electron chi connectivity index (χ3n) is 2.32. The van der Waals surface area contributed by atoms with Crippen LogP contribution in [0.25, 0.3) is 0 Å². The number of furan rings is 1. The number of rotatable bonds is 4. The molecule has 0 aliphatic rings. The fraction of sp³-hybridized carbons (Fsp3) is 0.273. The molecule has 90 valence electrons. The molecule has 0 saturated heterocycles. The average molecular weight is 316 g/mol. The fourth-order valence-electron chi connectivity index (χ4n) is 1.44. The first-order chi connectivity index (χ1) is 8.11. The molecule has 2 aromatic heterocycles. The number of thiophene rings is 1. The van der Waals surface area contributed by atoms with E-state index in [0.717, 1.165) is 11.3 Å². The predicted molar refractivity (Wildman–Crippen MR) is 69.8 cm³/mol. The van der Waals surface area contributed by atoms with Crippen molar-refractivity contribution in [1.82, 2.24) is 0 Å². The second kappa shape index (κ2) is 5.01. The zero-order valence-electron chi connectivity index (χ0n) is 9.05. The highest BCUT2D eigenvalue weighted by atomic mass is 79.9. The van der Waals surface area contributed by atoms with E-state index >= 15 is 0 Å². The van der Waals surface area contributed by atoms with Crippen molar-refractivity contribution in [1.29, 1.82) is 0 Å². The first-order valence-corrected chi connectivity index (χ1v) is 6.82. The molecule has 0 bridgehead atoms. The van der Waals surface area contributed by atoms with E-state index in [1.807, 2.05) is 6.07 Å². The lowest BCUT2D eigenvalue weighted by atomic mass is 10.3. The van der Waals surface area contributed by atoms with Crippen LogP contribution in [0, 0.1) is 10.1 Å². The second-order valence-corrected chi connectivity index (χ2v) is 5.57. The van der Waals surface area contributed by atoms with E-state index in [9.17, 15) is 10.1 Å². The van der Waals surface area contributed by atoms with Gasteiger partial charge in [0.2, 0.25) is 0 Å². The highest BCUT2D eigenvalue weighted by Crippen LogP contribution is 2.37. The molecule has 0 amide bonds. The molecule has 0 radical (unpaired) electrons. The Morgan fingerprint density at radius 2 is 2.24 bits per heavy atom. The first-order valence-electron chi connectivity index (χ1n) is 5.08. The Morgan fingerprint density at radius 3 is 2.76 bits per heavy atom. The molecule has 4 nitrogen and oxygen atoms in total. The number of aryl methyl sites for hydroxylation is 1. The van der Waals surface area contributed by atoms with Gasteiger partial charge in [-0.2, -0.15) is 0 Å². The summed E-state index contributed by atoms with van der Waals surface area (Å²) in [6, 6.07) is 7.07. The van der Waals surface area contributed by atoms with E-state index < -0.39 is 4.92 Å². The van der Waals surface area contributed by atoms with E-state index in [-0.39, 0.29) is 10.7 Å². The minimum atomic E-state index is -0.533. The Hall–Kier alpha value is -1.14. The lowest BCUT2D eigenvalue weighted by Gasteiger charge is -2.02. The minimum absolute atomic E-state index is 0.124. The van der Waals surface area contributed by atoms with Crippen LogP contribution >= 0.6 is 27.3 Å². The predicted octanol–water partition coefficient (Wildman–Crippen LogP) is 4.30. The van der Waals surface area contributed by atoms with Crippen molar-refractivity contribution in [2.75, 3.05) is 0 Å². The van der Waals surface area contributed by atoms with Crippen LogP contribution in [0.15, 0.2) is 28.7 Å². The summed E-state index contributed by atoms with van der Waals surface area (Å²) in [5.74, 6) is 0.331. The van der Waals surface area contributed by atoms with Crippen molar-refractivity contribution in [3.8, 4) is 0 Å². The normalized spacial score (nSPS) is 12.6. The van der Waals surface area contributed by atoms with Gasteiger partial charge in [-0.05, 0) is 24.6 Å². The third-order valence-corrected chi connectivity index (χ3v) is 4.87. The van der Waals surface area contributed by atoms with Crippen LogP contribution in [-0.2, 0) is 6.42 Å². The van der Waals surface area contributed by atoms with E-state index in [2.05, 4.69) is 28.9 Å². The molecule has 2 aromatic rings. The number of hydrogen-bond donors (Lipinski definition) is 0. The fourth-order valence-corrected chi connectivity index (χ4v) is 3.06. The van der Waals surface area contributed by atoms with Gasteiger partial charge in [0.05, 0.1) is 6.07 Å². The number of hydrogen-bond acceptors (Lipinski definition) is 4. The van der Waals surface area contributed by atoms with Gasteiger partial charge >= 0.3 is 5.88 Å². The van der Waals surface area contributed by atoms with Gasteiger partial charge < -0.3 is 4.42 Å². The third kappa shape index (κ3) is 2.58. The SMILES string of the molecule is CCc1ccc(C(Br)c2ccc([N+](=O)[O-])o2)s1. The summed E-state index contributed by atoms with van der Waals surface area (Å²) >= 11 is 5.17. The zero-order chi connectivity index (χ0) is 12.4. The minimum Gasteiger partial charge on any atom is -0.404 e. The Morgan fingerprint density at radius 1 is 1.47 bits per heavy atom. The summed E-state index contributed by atoms with van der Waals surface area (Å²) < 4.78 is 5.16. The van der Waals surface area contributed by atoms with Gasteiger partial charge in [-0.15, -0.1) is 11.3 Å². The van der Waals surface area contributed by atoms with Crippen molar-refractivity contribution in [2.45, 2.75) is 18.2 Å². The van der Waals surface area contributed by atoms with Crippen LogP contribution in [0.1, 0.15) is 27.3 Å². The van der Waals surface area contributed by atoms with Gasteiger partial charge in [0.25, 0.3) is 0 Å². The van der Waals surface area contributed by atoms with E-state index in [4.69, 9.17) is 4.42 Å². The Labute approximate surface area is 111 Å². The van der Waals surface area contributed by atoms with E-state index in [1.165, 1.54) is 10.9 Å². The molecule has 17 heavy (non-hydrogen) atoms. The Kier molecular flexibility index (Phi) is 3.63. The molecule has 1 unspecified atom stereocenters. The van der Waals surface area contributed by atoms with Crippen molar-refractivity contribution in [2.24, 2.45) is 0 Å². The van der Waals surface area contributed by atoms with E-state index in [1.54, 1.807) is 17.4 Å². The van der Waals surface area contributed by atoms with Gasteiger partial charge in [-0.3, -0.25) is 10.1 Å². The average Bonchev–Trinajstić information content (AvgIpc) is 2.97. The highest BCUT2D eigenvalue weighted by Gasteiger charge is 2.20. The second-order valence-electron chi connectivity index (χ2n) is 3.45. The van der Waals surface area contributed by atoms with Gasteiger partial charge in [-0.25, -0.2) is 0 Å². The largest absolute Gasteiger partial charge is 0.433 e. The van der Waals surface area contributed by atoms with Crippen molar-refractivity contribution in [3.63, 3.8) is 0 Å². The molecule has 6 heteroatoms. The molecule has 0 aliphatic carbocycles. The van der Waals surface area contributed by atoms with Gasteiger partial charge in [0, 0.05) is 9.75 Å². The van der Waals surface area contributed by atoms with Crippen LogP contribution in [0.3, 0.4) is 0 Å². The number of nitrogens with zero attached hydrogens (tertiary/aromatic N) is 1. The molecule has 0 spiro atoms. The van der Waals surface area contributed by atoms with Crippen LogP contribution in [0.2, 0.25) is 0 Å². The number of halogens is 1. The first kappa shape index (κ1) is 12.3. The summed E-state index contributed by atoms with van der Waals surface area (Å²) in [4.78, 5) is 12.2. The lowest BCUT2D eigenvalue weighted by molar-refractivity contribution is -0.402. The number of alkyl halides is 1. The molecule has 1 atom stereocenters. The van der Waals surface area contributed by atoms with Gasteiger partial charge in [0.1, 0.15) is 15.5 Å². The molecule has 2 heterocycles. The summed E-state index contributed by atoms with van der Waals surface area (Å²) in [7, 11) is 0. The van der Waals surface area contributed by atoms with Crippen LogP contribution < -0.4 is 0 Å². The van der Waals surface area contributed by atoms with Crippen molar-refractivity contribution >= 4 is 33.2 Å². The Balaban J connectivity index is 2.23. The lowest BCUT2D eigenvalue weighted by Crippen LogP contribution is -1.87. The maximum Gasteiger partial charge on any atom is 0.433 e. The summed E-state index contributed by atoms with van der Waals surface area (Å²) in [5.41, 5.74) is 0. The molecule has 0 N–H and O–H groups in total. The maximum absolute atomic E-state index is 10.5. The standard InChI is InChI=1S/C11H10BrNO3S/c1-2-7-3-5-9(17-7)11(12)8-4-6-10(16-8)13(14)15/h3-6,11H,2H2,1H3. The Bertz CT molecular complexity index is 534. The highest BCUT2D eigenvalue weighted by molar-refractivity contribution is 9.09. The molecular weight excluding hydrogens is 306 g/mol. The molecular formula is C11H10BrNO3S. The van der Waals surface area contributed by atoms with E-state index in [0.29, 0.717) is 5.76 Å². The smallest absolute Gasteiger partial charge is 0.404 e. The zero-order valence-corrected chi connectivity index (χ0v) is 11.5. The number of nitro groups is 1. The quantitative estimate of drug-likeness (QED) is 0.480. The van der Waals surface area contributed by atoms with Crippen molar-refractivity contribution in [3.05, 3.63) is 49.9 Å². The molecule has 0 saturated carbocycles. The topological polar surface area (TPSA) is 56.3 Å². The summed E-state index contributed by atoms with van der Waals surface area (Å²) in [6.45, 7) is 2.09. The molecule has 2 rings (SSSR count). The summed E-state index contributed by atoms with van der Waals surface area (Å²) in [5, 5.41) is 10.5. The monoisotopic (exact) mass is 315 g/mol. The maximum atomic E-state index is 10.5. The van der Waals surface area contributed by atoms with Gasteiger partial charge in [0.15, 0.2) is 0 Å². The van der Waals surface area contributed by atoms with Crippen LogP contribution in [-0.4, -0.2) is 4.92 Å². The van der Waals surface area contributed by atoms with Crippen LogP contribution in [0.5, 0.6) is 0 Å².